The highest BCUT2D eigenvalue weighted by Crippen LogP contribution is 2.42. The number of hydrogen-bond donors (Lipinski definition) is 0. The van der Waals surface area contributed by atoms with Crippen LogP contribution in [0.4, 0.5) is 0 Å². The molecule has 2 aromatic heterocycles. The predicted molar refractivity (Wildman–Crippen MR) is 242 cm³/mol. The van der Waals surface area contributed by atoms with Crippen LogP contribution in [0, 0.1) is 0 Å². The Labute approximate surface area is 348 Å². The Morgan fingerprint density at radius 3 is 0.633 bits per heavy atom. The van der Waals surface area contributed by atoms with Crippen LogP contribution >= 0.6 is 0 Å². The minimum Gasteiger partial charge on any atom is -0.208 e. The van der Waals surface area contributed by atoms with E-state index in [-0.39, 0.29) is 0 Å². The summed E-state index contributed by atoms with van der Waals surface area (Å²) < 4.78 is 0. The van der Waals surface area contributed by atoms with E-state index in [1.165, 1.54) is 0 Å². The highest BCUT2D eigenvalue weighted by atomic mass is 15.0. The van der Waals surface area contributed by atoms with Crippen molar-refractivity contribution < 1.29 is 0 Å². The third-order valence-electron chi connectivity index (χ3n) is 10.4. The zero-order valence-electron chi connectivity index (χ0n) is 32.5. The third kappa shape index (κ3) is 7.49. The van der Waals surface area contributed by atoms with E-state index in [4.69, 9.17) is 29.9 Å². The Balaban J connectivity index is 1.15. The molecule has 0 saturated carbocycles. The van der Waals surface area contributed by atoms with Crippen molar-refractivity contribution in [2.24, 2.45) is 0 Å². The summed E-state index contributed by atoms with van der Waals surface area (Å²) >= 11 is 0. The molecule has 10 rings (SSSR count). The standard InChI is InChI=1S/C54H36N6/c1-7-19-37(20-8-1)47-35-43(53-57-49(39-23-11-3-12-24-39)55-50(58-53)40-25-13-4-14-26-40)31-33-45(47)46-34-32-44(36-48(46)38-21-9-2-10-22-38)54-59-51(41-27-15-5-16-28-41)56-52(60-54)42-29-17-6-18-30-42/h1-36H. The maximum atomic E-state index is 5.06. The van der Waals surface area contributed by atoms with Crippen molar-refractivity contribution in [2.75, 3.05) is 0 Å². The Kier molecular flexibility index (Phi) is 9.84. The highest BCUT2D eigenvalue weighted by Gasteiger charge is 2.19. The van der Waals surface area contributed by atoms with Gasteiger partial charge in [-0.1, -0.05) is 206 Å². The lowest BCUT2D eigenvalue weighted by Gasteiger charge is -2.18. The maximum Gasteiger partial charge on any atom is 0.164 e. The summed E-state index contributed by atoms with van der Waals surface area (Å²) in [6, 6.07) is 74.3. The summed E-state index contributed by atoms with van der Waals surface area (Å²) in [6.07, 6.45) is 0. The van der Waals surface area contributed by atoms with Crippen LogP contribution in [0.1, 0.15) is 0 Å². The van der Waals surface area contributed by atoms with Gasteiger partial charge in [0, 0.05) is 33.4 Å². The van der Waals surface area contributed by atoms with Crippen LogP contribution < -0.4 is 0 Å². The van der Waals surface area contributed by atoms with Crippen LogP contribution in [-0.2, 0) is 0 Å². The first-order valence-corrected chi connectivity index (χ1v) is 19.9. The lowest BCUT2D eigenvalue weighted by Crippen LogP contribution is -2.01. The van der Waals surface area contributed by atoms with E-state index < -0.39 is 0 Å². The van der Waals surface area contributed by atoms with E-state index in [1.807, 2.05) is 133 Å². The van der Waals surface area contributed by atoms with Gasteiger partial charge in [0.1, 0.15) is 0 Å². The normalized spacial score (nSPS) is 11.0. The topological polar surface area (TPSA) is 77.3 Å². The summed E-state index contributed by atoms with van der Waals surface area (Å²) in [7, 11) is 0. The average molecular weight is 769 g/mol. The molecule has 0 aliphatic rings. The van der Waals surface area contributed by atoms with Crippen molar-refractivity contribution in [2.45, 2.75) is 0 Å². The molecule has 60 heavy (non-hydrogen) atoms. The second-order valence-corrected chi connectivity index (χ2v) is 14.3. The summed E-state index contributed by atoms with van der Waals surface area (Å²) in [5, 5.41) is 0. The summed E-state index contributed by atoms with van der Waals surface area (Å²) in [5.41, 5.74) is 11.9. The number of nitrogens with zero attached hydrogens (tertiary/aromatic N) is 6. The SMILES string of the molecule is c1ccc(-c2nc(-c3ccccc3)nc(-c3ccc(-c4ccc(-c5nc(-c6ccccc6)nc(-c6ccccc6)n5)cc4-c4ccccc4)c(-c4ccccc4)c3)n2)cc1. The second kappa shape index (κ2) is 16.3. The molecule has 8 aromatic carbocycles. The number of rotatable bonds is 9. The van der Waals surface area contributed by atoms with Gasteiger partial charge in [-0.05, 0) is 45.5 Å². The molecule has 2 heterocycles. The smallest absolute Gasteiger partial charge is 0.164 e. The molecule has 0 radical (unpaired) electrons. The molecular formula is C54H36N6. The Bertz CT molecular complexity index is 2730. The molecule has 10 aromatic rings. The molecule has 0 bridgehead atoms. The van der Waals surface area contributed by atoms with Gasteiger partial charge in [-0.3, -0.25) is 0 Å². The number of aromatic nitrogens is 6. The molecule has 0 amide bonds. The lowest BCUT2D eigenvalue weighted by molar-refractivity contribution is 1.07. The Morgan fingerprint density at radius 2 is 0.383 bits per heavy atom. The number of benzene rings is 8. The molecule has 0 spiro atoms. The molecular weight excluding hydrogens is 733 g/mol. The van der Waals surface area contributed by atoms with Gasteiger partial charge in [0.15, 0.2) is 34.9 Å². The van der Waals surface area contributed by atoms with Crippen molar-refractivity contribution in [3.63, 3.8) is 0 Å². The van der Waals surface area contributed by atoms with E-state index >= 15 is 0 Å². The fraction of sp³-hybridized carbons (Fsp3) is 0. The molecule has 282 valence electrons. The van der Waals surface area contributed by atoms with E-state index in [1.54, 1.807) is 0 Å². The third-order valence-corrected chi connectivity index (χ3v) is 10.4. The van der Waals surface area contributed by atoms with Crippen molar-refractivity contribution in [3.05, 3.63) is 218 Å². The van der Waals surface area contributed by atoms with Crippen LogP contribution in [0.2, 0.25) is 0 Å². The van der Waals surface area contributed by atoms with Crippen molar-refractivity contribution in [1.82, 2.24) is 29.9 Å². The Hall–Kier alpha value is -8.22. The average Bonchev–Trinajstić information content (AvgIpc) is 3.35. The van der Waals surface area contributed by atoms with Gasteiger partial charge in [-0.2, -0.15) is 0 Å². The van der Waals surface area contributed by atoms with Gasteiger partial charge in [-0.15, -0.1) is 0 Å². The molecule has 0 aliphatic heterocycles. The summed E-state index contributed by atoms with van der Waals surface area (Å²) in [6.45, 7) is 0. The zero-order valence-corrected chi connectivity index (χ0v) is 32.5. The van der Waals surface area contributed by atoms with Crippen molar-refractivity contribution in [1.29, 1.82) is 0 Å². The molecule has 0 N–H and O–H groups in total. The van der Waals surface area contributed by atoms with Gasteiger partial charge in [-0.25, -0.2) is 29.9 Å². The molecule has 0 fully saturated rings. The first-order valence-electron chi connectivity index (χ1n) is 19.9. The van der Waals surface area contributed by atoms with Gasteiger partial charge in [0.25, 0.3) is 0 Å². The largest absolute Gasteiger partial charge is 0.208 e. The summed E-state index contributed by atoms with van der Waals surface area (Å²) in [5.74, 6) is 3.69. The van der Waals surface area contributed by atoms with Crippen LogP contribution in [0.5, 0.6) is 0 Å². The first kappa shape index (κ1) is 36.1. The molecule has 0 saturated heterocycles. The van der Waals surface area contributed by atoms with Crippen molar-refractivity contribution >= 4 is 0 Å². The quantitative estimate of drug-likeness (QED) is 0.145. The fourth-order valence-corrected chi connectivity index (χ4v) is 7.42. The highest BCUT2D eigenvalue weighted by molar-refractivity contribution is 5.94. The monoisotopic (exact) mass is 768 g/mol. The maximum absolute atomic E-state index is 5.06. The first-order chi connectivity index (χ1) is 29.7. The molecule has 6 heteroatoms. The molecule has 0 atom stereocenters. The Morgan fingerprint density at radius 1 is 0.167 bits per heavy atom. The minimum absolute atomic E-state index is 0.600. The summed E-state index contributed by atoms with van der Waals surface area (Å²) in [4.78, 5) is 30.1. The second-order valence-electron chi connectivity index (χ2n) is 14.3. The van der Waals surface area contributed by atoms with Gasteiger partial charge in [0.2, 0.25) is 0 Å². The van der Waals surface area contributed by atoms with E-state index in [9.17, 15) is 0 Å². The van der Waals surface area contributed by atoms with Gasteiger partial charge >= 0.3 is 0 Å². The van der Waals surface area contributed by atoms with Gasteiger partial charge < -0.3 is 0 Å². The minimum atomic E-state index is 0.600. The van der Waals surface area contributed by atoms with Crippen LogP contribution in [-0.4, -0.2) is 29.9 Å². The lowest BCUT2D eigenvalue weighted by atomic mass is 9.87. The predicted octanol–water partition coefficient (Wildman–Crippen LogP) is 13.1. The van der Waals surface area contributed by atoms with Crippen LogP contribution in [0.15, 0.2) is 218 Å². The number of hydrogen-bond acceptors (Lipinski definition) is 6. The van der Waals surface area contributed by atoms with Crippen LogP contribution in [0.3, 0.4) is 0 Å². The fourth-order valence-electron chi connectivity index (χ4n) is 7.42. The molecule has 6 nitrogen and oxygen atoms in total. The van der Waals surface area contributed by atoms with Crippen LogP contribution in [0.25, 0.3) is 102 Å². The van der Waals surface area contributed by atoms with E-state index in [0.717, 1.165) is 66.8 Å². The zero-order chi connectivity index (χ0) is 40.1. The molecule has 0 aliphatic carbocycles. The molecule has 0 unspecified atom stereocenters. The van der Waals surface area contributed by atoms with Crippen molar-refractivity contribution in [3.8, 4) is 102 Å². The van der Waals surface area contributed by atoms with E-state index in [2.05, 4.69) is 84.9 Å². The van der Waals surface area contributed by atoms with Gasteiger partial charge in [0.05, 0.1) is 0 Å². The van der Waals surface area contributed by atoms with E-state index in [0.29, 0.717) is 34.9 Å².